The number of carbonyl (C=O) groups is 1. The zero-order chi connectivity index (χ0) is 18.2. The van der Waals surface area contributed by atoms with Crippen LogP contribution in [0.1, 0.15) is 27.5 Å². The lowest BCUT2D eigenvalue weighted by Crippen LogP contribution is -2.44. The fraction of sp³-hybridized carbons (Fsp3) is 0.474. The molecule has 1 aliphatic rings. The molecule has 1 aromatic heterocycles. The topological polar surface area (TPSA) is 66.5 Å². The highest BCUT2D eigenvalue weighted by Gasteiger charge is 2.10. The van der Waals surface area contributed by atoms with Gasteiger partial charge in [0.2, 0.25) is 0 Å². The van der Waals surface area contributed by atoms with E-state index in [1.165, 1.54) is 0 Å². The molecule has 0 bridgehead atoms. The molecular formula is C19H26N4O2S. The SMILES string of the molecule is Cc1nc(COc2cccc(C(=O)NCCCN3CCNCC3)c2)cs1. The Bertz CT molecular complexity index is 713. The normalized spacial score (nSPS) is 15.0. The van der Waals surface area contributed by atoms with Crippen LogP contribution >= 0.6 is 11.3 Å². The van der Waals surface area contributed by atoms with Crippen molar-refractivity contribution in [2.75, 3.05) is 39.3 Å². The average molecular weight is 375 g/mol. The van der Waals surface area contributed by atoms with Crippen LogP contribution in [-0.2, 0) is 6.61 Å². The zero-order valence-corrected chi connectivity index (χ0v) is 16.0. The molecule has 6 nitrogen and oxygen atoms in total. The van der Waals surface area contributed by atoms with E-state index in [4.69, 9.17) is 4.74 Å². The molecule has 1 aromatic carbocycles. The summed E-state index contributed by atoms with van der Waals surface area (Å²) in [6, 6.07) is 7.30. The lowest BCUT2D eigenvalue weighted by atomic mass is 10.2. The van der Waals surface area contributed by atoms with E-state index in [9.17, 15) is 4.79 Å². The highest BCUT2D eigenvalue weighted by Crippen LogP contribution is 2.16. The van der Waals surface area contributed by atoms with Gasteiger partial charge in [-0.25, -0.2) is 4.98 Å². The van der Waals surface area contributed by atoms with Crippen LogP contribution in [0.3, 0.4) is 0 Å². The van der Waals surface area contributed by atoms with Gasteiger partial charge >= 0.3 is 0 Å². The summed E-state index contributed by atoms with van der Waals surface area (Å²) >= 11 is 1.61. The predicted molar refractivity (Wildman–Crippen MR) is 104 cm³/mol. The molecule has 2 heterocycles. The zero-order valence-electron chi connectivity index (χ0n) is 15.2. The predicted octanol–water partition coefficient (Wildman–Crippen LogP) is 2.06. The summed E-state index contributed by atoms with van der Waals surface area (Å²) in [7, 11) is 0. The number of hydrogen-bond donors (Lipinski definition) is 2. The summed E-state index contributed by atoms with van der Waals surface area (Å²) in [6.07, 6.45) is 0.963. The third-order valence-electron chi connectivity index (χ3n) is 4.30. The largest absolute Gasteiger partial charge is 0.487 e. The van der Waals surface area contributed by atoms with Crippen molar-refractivity contribution in [1.82, 2.24) is 20.5 Å². The molecule has 0 radical (unpaired) electrons. The van der Waals surface area contributed by atoms with Crippen LogP contribution in [0.2, 0.25) is 0 Å². The second-order valence-electron chi connectivity index (χ2n) is 6.38. The average Bonchev–Trinajstić information content (AvgIpc) is 3.10. The lowest BCUT2D eigenvalue weighted by molar-refractivity contribution is 0.0950. The minimum absolute atomic E-state index is 0.0553. The van der Waals surface area contributed by atoms with Crippen molar-refractivity contribution in [2.24, 2.45) is 0 Å². The van der Waals surface area contributed by atoms with E-state index in [0.717, 1.165) is 49.8 Å². The van der Waals surface area contributed by atoms with E-state index in [1.807, 2.05) is 30.5 Å². The van der Waals surface area contributed by atoms with Gasteiger partial charge in [-0.2, -0.15) is 0 Å². The molecule has 0 aliphatic carbocycles. The smallest absolute Gasteiger partial charge is 0.251 e. The Hall–Kier alpha value is -1.96. The van der Waals surface area contributed by atoms with Crippen molar-refractivity contribution >= 4 is 17.2 Å². The van der Waals surface area contributed by atoms with E-state index >= 15 is 0 Å². The summed E-state index contributed by atoms with van der Waals surface area (Å²) < 4.78 is 5.75. The first kappa shape index (κ1) is 18.8. The third-order valence-corrected chi connectivity index (χ3v) is 5.12. The molecule has 2 N–H and O–H groups in total. The highest BCUT2D eigenvalue weighted by molar-refractivity contribution is 7.09. The quantitative estimate of drug-likeness (QED) is 0.693. The first-order valence-electron chi connectivity index (χ1n) is 9.06. The first-order chi connectivity index (χ1) is 12.7. The van der Waals surface area contributed by atoms with Gasteiger partial charge in [-0.1, -0.05) is 6.07 Å². The molecule has 0 atom stereocenters. The Kier molecular flexibility index (Phi) is 6.99. The minimum atomic E-state index is -0.0553. The number of carbonyl (C=O) groups excluding carboxylic acids is 1. The molecule has 1 aliphatic heterocycles. The minimum Gasteiger partial charge on any atom is -0.487 e. The molecule has 0 saturated carbocycles. The van der Waals surface area contributed by atoms with Crippen LogP contribution in [-0.4, -0.2) is 55.1 Å². The van der Waals surface area contributed by atoms with E-state index < -0.39 is 0 Å². The van der Waals surface area contributed by atoms with Crippen molar-refractivity contribution in [1.29, 1.82) is 0 Å². The van der Waals surface area contributed by atoms with Gasteiger partial charge in [0.25, 0.3) is 5.91 Å². The lowest BCUT2D eigenvalue weighted by Gasteiger charge is -2.27. The number of rotatable bonds is 8. The number of nitrogens with one attached hydrogen (secondary N) is 2. The maximum Gasteiger partial charge on any atom is 0.251 e. The number of aryl methyl sites for hydroxylation is 1. The third kappa shape index (κ3) is 5.79. The van der Waals surface area contributed by atoms with E-state index in [0.29, 0.717) is 24.5 Å². The van der Waals surface area contributed by atoms with Crippen LogP contribution < -0.4 is 15.4 Å². The Morgan fingerprint density at radius 1 is 1.38 bits per heavy atom. The molecule has 7 heteroatoms. The second kappa shape index (κ2) is 9.66. The van der Waals surface area contributed by atoms with Crippen LogP contribution in [0.4, 0.5) is 0 Å². The number of aromatic nitrogens is 1. The molecule has 0 unspecified atom stereocenters. The van der Waals surface area contributed by atoms with Gasteiger partial charge in [0.05, 0.1) is 10.7 Å². The number of thiazole rings is 1. The van der Waals surface area contributed by atoms with Crippen molar-refractivity contribution in [3.63, 3.8) is 0 Å². The van der Waals surface area contributed by atoms with Gasteiger partial charge < -0.3 is 20.3 Å². The Morgan fingerprint density at radius 3 is 3.00 bits per heavy atom. The molecule has 1 saturated heterocycles. The van der Waals surface area contributed by atoms with Crippen LogP contribution in [0, 0.1) is 6.92 Å². The molecular weight excluding hydrogens is 348 g/mol. The number of hydrogen-bond acceptors (Lipinski definition) is 6. The van der Waals surface area contributed by atoms with Gasteiger partial charge in [-0.05, 0) is 38.1 Å². The van der Waals surface area contributed by atoms with Gasteiger partial charge in [-0.3, -0.25) is 4.79 Å². The summed E-state index contributed by atoms with van der Waals surface area (Å²) in [6.45, 7) is 8.39. The number of nitrogens with zero attached hydrogens (tertiary/aromatic N) is 2. The fourth-order valence-electron chi connectivity index (χ4n) is 2.90. The van der Waals surface area contributed by atoms with Crippen molar-refractivity contribution < 1.29 is 9.53 Å². The molecule has 140 valence electrons. The van der Waals surface area contributed by atoms with Gasteiger partial charge in [-0.15, -0.1) is 11.3 Å². The van der Waals surface area contributed by atoms with E-state index in [2.05, 4.69) is 20.5 Å². The van der Waals surface area contributed by atoms with Gasteiger partial charge in [0.15, 0.2) is 0 Å². The maximum absolute atomic E-state index is 12.3. The Labute approximate surface area is 158 Å². The molecule has 2 aromatic rings. The summed E-state index contributed by atoms with van der Waals surface area (Å²) in [5.41, 5.74) is 1.54. The first-order valence-corrected chi connectivity index (χ1v) is 9.94. The number of ether oxygens (including phenoxy) is 1. The van der Waals surface area contributed by atoms with Crippen molar-refractivity contribution in [3.8, 4) is 5.75 Å². The molecule has 26 heavy (non-hydrogen) atoms. The Balaban J connectivity index is 1.42. The molecule has 1 amide bonds. The highest BCUT2D eigenvalue weighted by atomic mass is 32.1. The summed E-state index contributed by atoms with van der Waals surface area (Å²) in [5, 5.41) is 9.36. The van der Waals surface area contributed by atoms with Crippen LogP contribution in [0.15, 0.2) is 29.6 Å². The van der Waals surface area contributed by atoms with E-state index in [-0.39, 0.29) is 5.91 Å². The number of amides is 1. The fourth-order valence-corrected chi connectivity index (χ4v) is 3.50. The van der Waals surface area contributed by atoms with Gasteiger partial charge in [0, 0.05) is 43.7 Å². The van der Waals surface area contributed by atoms with Crippen molar-refractivity contribution in [3.05, 3.63) is 45.9 Å². The number of piperazine rings is 1. The summed E-state index contributed by atoms with van der Waals surface area (Å²) in [4.78, 5) is 19.1. The second-order valence-corrected chi connectivity index (χ2v) is 7.44. The van der Waals surface area contributed by atoms with Crippen molar-refractivity contribution in [2.45, 2.75) is 20.0 Å². The number of benzene rings is 1. The Morgan fingerprint density at radius 2 is 2.23 bits per heavy atom. The standard InChI is InChI=1S/C19H26N4O2S/c1-15-22-17(14-26-15)13-25-18-5-2-4-16(12-18)19(24)21-6-3-9-23-10-7-20-8-11-23/h2,4-5,12,14,20H,3,6-11,13H2,1H3,(H,21,24). The van der Waals surface area contributed by atoms with Crippen LogP contribution in [0.5, 0.6) is 5.75 Å². The van der Waals surface area contributed by atoms with Gasteiger partial charge in [0.1, 0.15) is 12.4 Å². The molecule has 1 fully saturated rings. The maximum atomic E-state index is 12.3. The molecule has 0 spiro atoms. The van der Waals surface area contributed by atoms with Crippen LogP contribution in [0.25, 0.3) is 0 Å². The van der Waals surface area contributed by atoms with E-state index in [1.54, 1.807) is 17.4 Å². The molecule has 3 rings (SSSR count). The summed E-state index contributed by atoms with van der Waals surface area (Å²) in [5.74, 6) is 0.629. The monoisotopic (exact) mass is 374 g/mol.